The van der Waals surface area contributed by atoms with E-state index in [1.54, 1.807) is 6.92 Å². The number of halogens is 2. The highest BCUT2D eigenvalue weighted by atomic mass is 19.1. The third-order valence-electron chi connectivity index (χ3n) is 5.68. The molecule has 1 aliphatic carbocycles. The number of hydrogen-bond acceptors (Lipinski definition) is 6. The summed E-state index contributed by atoms with van der Waals surface area (Å²) >= 11 is 0. The molecule has 4 aromatic rings. The number of hydrogen-bond donors (Lipinski definition) is 1. The van der Waals surface area contributed by atoms with Crippen LogP contribution in [0.5, 0.6) is 0 Å². The second-order valence-corrected chi connectivity index (χ2v) is 8.37. The summed E-state index contributed by atoms with van der Waals surface area (Å²) in [7, 11) is 0. The lowest BCUT2D eigenvalue weighted by molar-refractivity contribution is 0.0968. The molecule has 1 aromatic carbocycles. The van der Waals surface area contributed by atoms with E-state index in [4.69, 9.17) is 4.74 Å². The van der Waals surface area contributed by atoms with E-state index in [0.717, 1.165) is 36.6 Å². The molecule has 7 nitrogen and oxygen atoms in total. The number of nitrogens with one attached hydrogen (secondary N) is 1. The van der Waals surface area contributed by atoms with Crippen molar-refractivity contribution in [3.63, 3.8) is 0 Å². The van der Waals surface area contributed by atoms with Crippen LogP contribution >= 0.6 is 0 Å². The fourth-order valence-corrected chi connectivity index (χ4v) is 3.50. The minimum absolute atomic E-state index is 0.177. The predicted octanol–water partition coefficient (Wildman–Crippen LogP) is 5.46. The van der Waals surface area contributed by atoms with Crippen LogP contribution in [0.15, 0.2) is 36.8 Å². The van der Waals surface area contributed by atoms with Gasteiger partial charge in [-0.15, -0.1) is 0 Å². The average molecular weight is 467 g/mol. The Hall–Kier alpha value is -3.33. The molecule has 1 saturated carbocycles. The summed E-state index contributed by atoms with van der Waals surface area (Å²) in [5, 5.41) is 6.81. The Balaban J connectivity index is 0.000000158. The van der Waals surface area contributed by atoms with E-state index in [1.807, 2.05) is 13.1 Å². The maximum atomic E-state index is 13.9. The molecule has 1 saturated heterocycles. The number of aromatic amines is 1. The Labute approximate surface area is 197 Å². The van der Waals surface area contributed by atoms with Gasteiger partial charge in [0.1, 0.15) is 29.2 Å². The lowest BCUT2D eigenvalue weighted by Crippen LogP contribution is -2.03. The topological polar surface area (TPSA) is 89.5 Å². The van der Waals surface area contributed by atoms with Crippen molar-refractivity contribution in [1.29, 1.82) is 0 Å². The van der Waals surface area contributed by atoms with Gasteiger partial charge in [0.25, 0.3) is 0 Å². The van der Waals surface area contributed by atoms with E-state index in [1.165, 1.54) is 56.3 Å². The number of aromatic nitrogens is 6. The van der Waals surface area contributed by atoms with E-state index in [9.17, 15) is 8.78 Å². The number of rotatable bonds is 2. The molecule has 9 heteroatoms. The molecule has 34 heavy (non-hydrogen) atoms. The molecule has 2 aliphatic rings. The molecule has 0 amide bonds. The monoisotopic (exact) mass is 466 g/mol. The third-order valence-corrected chi connectivity index (χ3v) is 5.68. The van der Waals surface area contributed by atoms with Gasteiger partial charge in [-0.25, -0.2) is 28.7 Å². The maximum Gasteiger partial charge on any atom is 0.182 e. The molecule has 1 N–H and O–H groups in total. The largest absolute Gasteiger partial charge is 0.381 e. The van der Waals surface area contributed by atoms with Crippen LogP contribution in [0.1, 0.15) is 55.1 Å². The highest BCUT2D eigenvalue weighted by Gasteiger charge is 2.24. The summed E-state index contributed by atoms with van der Waals surface area (Å²) in [5.74, 6) is -0.509. The van der Waals surface area contributed by atoms with E-state index < -0.39 is 11.6 Å². The molecule has 0 unspecified atom stereocenters. The van der Waals surface area contributed by atoms with Gasteiger partial charge < -0.3 is 4.74 Å². The Kier molecular flexibility index (Phi) is 7.84. The van der Waals surface area contributed by atoms with E-state index in [0.29, 0.717) is 16.9 Å². The van der Waals surface area contributed by atoms with Crippen LogP contribution in [0.2, 0.25) is 0 Å². The fourth-order valence-electron chi connectivity index (χ4n) is 3.50. The number of aryl methyl sites for hydroxylation is 2. The van der Waals surface area contributed by atoms with Gasteiger partial charge in [0.05, 0.1) is 11.4 Å². The van der Waals surface area contributed by atoms with Gasteiger partial charge in [0.15, 0.2) is 5.65 Å². The van der Waals surface area contributed by atoms with Crippen LogP contribution in [0.25, 0.3) is 22.4 Å². The zero-order chi connectivity index (χ0) is 23.9. The summed E-state index contributed by atoms with van der Waals surface area (Å²) in [5.41, 5.74) is 4.06. The van der Waals surface area contributed by atoms with E-state index in [-0.39, 0.29) is 5.56 Å². The Morgan fingerprint density at radius 3 is 2.29 bits per heavy atom. The predicted molar refractivity (Wildman–Crippen MR) is 125 cm³/mol. The zero-order valence-corrected chi connectivity index (χ0v) is 19.4. The van der Waals surface area contributed by atoms with Crippen molar-refractivity contribution in [3.8, 4) is 11.3 Å². The lowest BCUT2D eigenvalue weighted by Gasteiger charge is -2.08. The molecule has 178 valence electrons. The standard InChI is InChI=1S/C14H10F2N4.C6H8N2.C5H10O/c1-7-8(2)20-14-13(19-7)12(17-6-18-14)10-4-3-9(15)5-11(10)16;1-2-5(1)6-3-4-7-8-6;1-2-4-6-5-3-1/h3-6H,1-2H3;3-5H,1-2H2,(H,7,8);1-5H2. The van der Waals surface area contributed by atoms with Crippen LogP contribution in [0.4, 0.5) is 8.78 Å². The number of fused-ring (bicyclic) bond motifs is 1. The molecular formula is C25H28F2N6O. The molecule has 0 atom stereocenters. The molecule has 6 rings (SSSR count). The van der Waals surface area contributed by atoms with Crippen molar-refractivity contribution in [2.24, 2.45) is 0 Å². The van der Waals surface area contributed by atoms with Gasteiger partial charge in [0.2, 0.25) is 0 Å². The summed E-state index contributed by atoms with van der Waals surface area (Å²) in [6, 6.07) is 5.39. The third kappa shape index (κ3) is 6.17. The minimum Gasteiger partial charge on any atom is -0.381 e. The van der Waals surface area contributed by atoms with Gasteiger partial charge >= 0.3 is 0 Å². The fraction of sp³-hybridized carbons (Fsp3) is 0.400. The van der Waals surface area contributed by atoms with Crippen molar-refractivity contribution in [2.45, 2.75) is 51.9 Å². The molecule has 0 spiro atoms. The highest BCUT2D eigenvalue weighted by Crippen LogP contribution is 2.38. The first-order chi connectivity index (χ1) is 16.5. The number of H-pyrrole nitrogens is 1. The minimum atomic E-state index is -0.690. The van der Waals surface area contributed by atoms with Crippen LogP contribution in [0, 0.1) is 25.5 Å². The number of benzene rings is 1. The summed E-state index contributed by atoms with van der Waals surface area (Å²) in [6.07, 6.45) is 9.74. The number of ether oxygens (including phenoxy) is 1. The van der Waals surface area contributed by atoms with Crippen molar-refractivity contribution in [1.82, 2.24) is 30.1 Å². The summed E-state index contributed by atoms with van der Waals surface area (Å²) in [6.45, 7) is 5.63. The molecule has 0 radical (unpaired) electrons. The smallest absolute Gasteiger partial charge is 0.182 e. The van der Waals surface area contributed by atoms with Crippen LogP contribution in [0.3, 0.4) is 0 Å². The second-order valence-electron chi connectivity index (χ2n) is 8.37. The molecule has 0 bridgehead atoms. The van der Waals surface area contributed by atoms with Gasteiger partial charge in [-0.1, -0.05) is 0 Å². The van der Waals surface area contributed by atoms with Crippen LogP contribution in [-0.4, -0.2) is 43.3 Å². The first-order valence-corrected chi connectivity index (χ1v) is 11.5. The van der Waals surface area contributed by atoms with Crippen LogP contribution < -0.4 is 0 Å². The van der Waals surface area contributed by atoms with Crippen molar-refractivity contribution in [2.75, 3.05) is 13.2 Å². The van der Waals surface area contributed by atoms with E-state index in [2.05, 4.69) is 36.2 Å². The average Bonchev–Trinajstić information content (AvgIpc) is 3.55. The van der Waals surface area contributed by atoms with Crippen molar-refractivity contribution >= 4 is 11.2 Å². The molecule has 2 fully saturated rings. The molecule has 4 heterocycles. The van der Waals surface area contributed by atoms with Gasteiger partial charge in [-0.05, 0) is 64.2 Å². The first-order valence-electron chi connectivity index (χ1n) is 11.5. The van der Waals surface area contributed by atoms with Gasteiger partial charge in [0, 0.05) is 42.7 Å². The summed E-state index contributed by atoms with van der Waals surface area (Å²) < 4.78 is 32.0. The number of nitrogens with zero attached hydrogens (tertiary/aromatic N) is 5. The van der Waals surface area contributed by atoms with Crippen molar-refractivity contribution < 1.29 is 13.5 Å². The first kappa shape index (κ1) is 23.8. The lowest BCUT2D eigenvalue weighted by atomic mass is 10.1. The van der Waals surface area contributed by atoms with Crippen LogP contribution in [-0.2, 0) is 4.74 Å². The van der Waals surface area contributed by atoms with Crippen molar-refractivity contribution in [3.05, 3.63) is 65.5 Å². The highest BCUT2D eigenvalue weighted by molar-refractivity contribution is 5.86. The Morgan fingerprint density at radius 2 is 1.71 bits per heavy atom. The SMILES string of the molecule is C1CCOCC1.Cc1nc2ncnc(-c3ccc(F)cc3F)c2nc1C.c1cc(C2CC2)[nH]n1. The second kappa shape index (κ2) is 11.2. The quantitative estimate of drug-likeness (QED) is 0.422. The van der Waals surface area contributed by atoms with Gasteiger partial charge in [-0.3, -0.25) is 5.10 Å². The molecule has 1 aliphatic heterocycles. The van der Waals surface area contributed by atoms with E-state index >= 15 is 0 Å². The molecular weight excluding hydrogens is 438 g/mol. The Morgan fingerprint density at radius 1 is 0.941 bits per heavy atom. The summed E-state index contributed by atoms with van der Waals surface area (Å²) in [4.78, 5) is 16.8. The normalized spacial score (nSPS) is 15.2. The Bertz CT molecular complexity index is 1210. The maximum absolute atomic E-state index is 13.9. The molecule has 3 aromatic heterocycles. The van der Waals surface area contributed by atoms with Gasteiger partial charge in [-0.2, -0.15) is 5.10 Å². The zero-order valence-electron chi connectivity index (χ0n) is 19.4.